The predicted molar refractivity (Wildman–Crippen MR) is 124 cm³/mol. The second kappa shape index (κ2) is 7.37. The fourth-order valence-electron chi connectivity index (χ4n) is 6.20. The molecule has 4 bridgehead atoms. The van der Waals surface area contributed by atoms with Crippen LogP contribution in [0.15, 0.2) is 39.4 Å². The summed E-state index contributed by atoms with van der Waals surface area (Å²) in [6.07, 6.45) is 8.68. The molecule has 150 valence electrons. The van der Waals surface area contributed by atoms with E-state index in [9.17, 15) is 0 Å². The lowest BCUT2D eigenvalue weighted by Crippen LogP contribution is -2.48. The summed E-state index contributed by atoms with van der Waals surface area (Å²) in [6.45, 7) is 0. The molecular weight excluding hydrogens is 436 g/mol. The van der Waals surface area contributed by atoms with Crippen molar-refractivity contribution in [2.75, 3.05) is 0 Å². The van der Waals surface area contributed by atoms with Gasteiger partial charge in [0, 0.05) is 32.5 Å². The van der Waals surface area contributed by atoms with Crippen LogP contribution in [0.3, 0.4) is 0 Å². The maximum absolute atomic E-state index is 5.99. The van der Waals surface area contributed by atoms with Crippen LogP contribution >= 0.6 is 46.0 Å². The minimum Gasteiger partial charge on any atom is -0.245 e. The monoisotopic (exact) mass is 458 g/mol. The van der Waals surface area contributed by atoms with Crippen molar-refractivity contribution in [3.63, 3.8) is 0 Å². The predicted octanol–water partition coefficient (Wildman–Crippen LogP) is 7.68. The summed E-state index contributed by atoms with van der Waals surface area (Å²) in [5.41, 5.74) is 3.80. The van der Waals surface area contributed by atoms with E-state index in [0.717, 1.165) is 44.1 Å². The lowest BCUT2D eigenvalue weighted by atomic mass is 9.50. The molecule has 0 amide bonds. The van der Waals surface area contributed by atoms with Crippen molar-refractivity contribution in [2.24, 2.45) is 17.8 Å². The van der Waals surface area contributed by atoms with Crippen LogP contribution in [0.1, 0.15) is 49.2 Å². The van der Waals surface area contributed by atoms with Gasteiger partial charge in [0.05, 0.1) is 16.4 Å². The largest absolute Gasteiger partial charge is 0.245 e. The lowest BCUT2D eigenvalue weighted by molar-refractivity contribution is -0.00532. The number of nitrogens with zero attached hydrogens (tertiary/aromatic N) is 2. The number of halogens is 1. The Morgan fingerprint density at radius 1 is 0.931 bits per heavy atom. The van der Waals surface area contributed by atoms with Gasteiger partial charge in [-0.2, -0.15) is 0 Å². The number of hydrogen-bond donors (Lipinski definition) is 0. The molecule has 0 atom stereocenters. The molecule has 4 saturated carbocycles. The number of hydrogen-bond acceptors (Lipinski definition) is 5. The van der Waals surface area contributed by atoms with Gasteiger partial charge in [0.2, 0.25) is 0 Å². The molecule has 4 fully saturated rings. The first-order valence-electron chi connectivity index (χ1n) is 10.4. The molecule has 4 aliphatic rings. The highest BCUT2D eigenvalue weighted by Crippen LogP contribution is 2.61. The molecule has 2 nitrogen and oxygen atoms in total. The van der Waals surface area contributed by atoms with Crippen LogP contribution in [0.5, 0.6) is 0 Å². The van der Waals surface area contributed by atoms with Crippen LogP contribution in [0.2, 0.25) is 5.02 Å². The molecule has 4 aliphatic carbocycles. The molecule has 29 heavy (non-hydrogen) atoms. The fraction of sp³-hybridized carbons (Fsp3) is 0.478. The molecule has 2 aromatic heterocycles. The minimum absolute atomic E-state index is 0.422. The van der Waals surface area contributed by atoms with E-state index < -0.39 is 0 Å². The third-order valence-electron chi connectivity index (χ3n) is 7.01. The zero-order valence-electron chi connectivity index (χ0n) is 16.1. The first kappa shape index (κ1) is 18.9. The van der Waals surface area contributed by atoms with Crippen molar-refractivity contribution < 1.29 is 0 Å². The van der Waals surface area contributed by atoms with Gasteiger partial charge in [-0.25, -0.2) is 9.97 Å². The van der Waals surface area contributed by atoms with Gasteiger partial charge in [0.1, 0.15) is 0 Å². The van der Waals surface area contributed by atoms with Crippen LogP contribution in [0.25, 0.3) is 11.3 Å². The van der Waals surface area contributed by atoms with Crippen LogP contribution in [0.4, 0.5) is 0 Å². The van der Waals surface area contributed by atoms with Crippen molar-refractivity contribution in [3.05, 3.63) is 50.7 Å². The number of rotatable bonds is 5. The fourth-order valence-corrected chi connectivity index (χ4v) is 9.21. The smallest absolute Gasteiger partial charge is 0.150 e. The highest BCUT2D eigenvalue weighted by Gasteiger charge is 2.52. The minimum atomic E-state index is 0.422. The highest BCUT2D eigenvalue weighted by molar-refractivity contribution is 8.00. The number of aromatic nitrogens is 2. The van der Waals surface area contributed by atoms with E-state index in [-0.39, 0.29) is 0 Å². The van der Waals surface area contributed by atoms with Gasteiger partial charge in [-0.15, -0.1) is 22.7 Å². The summed E-state index contributed by atoms with van der Waals surface area (Å²) in [7, 11) is 0. The van der Waals surface area contributed by atoms with Crippen LogP contribution in [-0.2, 0) is 11.2 Å². The Bertz CT molecular complexity index is 988. The average Bonchev–Trinajstić information content (AvgIpc) is 3.36. The van der Waals surface area contributed by atoms with Gasteiger partial charge in [-0.1, -0.05) is 35.5 Å². The maximum Gasteiger partial charge on any atom is 0.150 e. The normalized spacial score (nSPS) is 30.2. The van der Waals surface area contributed by atoms with E-state index in [1.807, 2.05) is 47.4 Å². The van der Waals surface area contributed by atoms with E-state index in [4.69, 9.17) is 21.6 Å². The van der Waals surface area contributed by atoms with Gasteiger partial charge in [0.25, 0.3) is 0 Å². The SMILES string of the molecule is Clc1ccc(-c2csc(SCc3csc(C45CC6CC(CC(C6)C4)C5)n3)n2)cc1. The zero-order chi connectivity index (χ0) is 19.4. The first-order chi connectivity index (χ1) is 14.1. The summed E-state index contributed by atoms with van der Waals surface area (Å²) in [5, 5.41) is 6.63. The summed E-state index contributed by atoms with van der Waals surface area (Å²) in [5.74, 6) is 3.84. The molecule has 0 saturated heterocycles. The Labute approximate surface area is 189 Å². The van der Waals surface area contributed by atoms with E-state index in [1.54, 1.807) is 11.3 Å². The summed E-state index contributed by atoms with van der Waals surface area (Å²) >= 11 is 11.4. The molecule has 1 aromatic carbocycles. The summed E-state index contributed by atoms with van der Waals surface area (Å²) in [4.78, 5) is 9.95. The van der Waals surface area contributed by atoms with Gasteiger partial charge < -0.3 is 0 Å². The Kier molecular flexibility index (Phi) is 4.79. The van der Waals surface area contributed by atoms with Crippen molar-refractivity contribution in [1.29, 1.82) is 0 Å². The average molecular weight is 459 g/mol. The molecule has 0 spiro atoms. The van der Waals surface area contributed by atoms with Crippen molar-refractivity contribution in [1.82, 2.24) is 9.97 Å². The van der Waals surface area contributed by atoms with Crippen molar-refractivity contribution >= 4 is 46.0 Å². The number of thiazole rings is 2. The number of thioether (sulfide) groups is 1. The van der Waals surface area contributed by atoms with E-state index in [1.165, 1.54) is 49.2 Å². The first-order valence-corrected chi connectivity index (χ1v) is 13.6. The molecule has 6 heteroatoms. The standard InChI is InChI=1S/C23H23ClN2S3/c24-18-3-1-17(2-4-18)20-13-29-22(26-20)28-12-19-11-27-21(25-19)23-8-14-5-15(9-23)7-16(6-14)10-23/h1-4,11,13-16H,5-10,12H2. The van der Waals surface area contributed by atoms with E-state index in [2.05, 4.69) is 10.8 Å². The Hall–Kier alpha value is -0.880. The van der Waals surface area contributed by atoms with E-state index in [0.29, 0.717) is 5.41 Å². The van der Waals surface area contributed by atoms with Crippen molar-refractivity contribution in [3.8, 4) is 11.3 Å². The van der Waals surface area contributed by atoms with Crippen LogP contribution in [-0.4, -0.2) is 9.97 Å². The van der Waals surface area contributed by atoms with Crippen LogP contribution < -0.4 is 0 Å². The molecule has 3 aromatic rings. The Balaban J connectivity index is 1.14. The lowest BCUT2D eigenvalue weighted by Gasteiger charge is -2.56. The van der Waals surface area contributed by atoms with E-state index >= 15 is 0 Å². The third-order valence-corrected chi connectivity index (χ3v) is 10.5. The molecule has 0 N–H and O–H groups in total. The van der Waals surface area contributed by atoms with Gasteiger partial charge in [-0.3, -0.25) is 0 Å². The second-order valence-electron chi connectivity index (χ2n) is 9.14. The Morgan fingerprint density at radius 3 is 2.31 bits per heavy atom. The molecule has 2 heterocycles. The summed E-state index contributed by atoms with van der Waals surface area (Å²) < 4.78 is 1.11. The van der Waals surface area contributed by atoms with Gasteiger partial charge in [-0.05, 0) is 68.4 Å². The van der Waals surface area contributed by atoms with Crippen LogP contribution in [0, 0.1) is 17.8 Å². The quantitative estimate of drug-likeness (QED) is 0.366. The molecule has 7 rings (SSSR count). The van der Waals surface area contributed by atoms with Crippen molar-refractivity contribution in [2.45, 2.75) is 54.0 Å². The zero-order valence-corrected chi connectivity index (χ0v) is 19.3. The third kappa shape index (κ3) is 3.58. The molecule has 0 radical (unpaired) electrons. The maximum atomic E-state index is 5.99. The highest BCUT2D eigenvalue weighted by atomic mass is 35.5. The van der Waals surface area contributed by atoms with Gasteiger partial charge >= 0.3 is 0 Å². The summed E-state index contributed by atoms with van der Waals surface area (Å²) in [6, 6.07) is 7.91. The molecular formula is C23H23ClN2S3. The van der Waals surface area contributed by atoms with Gasteiger partial charge in [0.15, 0.2) is 4.34 Å². The Morgan fingerprint density at radius 2 is 1.62 bits per heavy atom. The second-order valence-corrected chi connectivity index (χ2v) is 12.5. The molecule has 0 unspecified atom stereocenters. The molecule has 0 aliphatic heterocycles. The number of benzene rings is 1. The topological polar surface area (TPSA) is 25.8 Å².